The van der Waals surface area contributed by atoms with Crippen molar-refractivity contribution in [2.75, 3.05) is 25.1 Å². The van der Waals surface area contributed by atoms with Crippen molar-refractivity contribution in [1.82, 2.24) is 15.2 Å². The molecule has 0 amide bonds. The van der Waals surface area contributed by atoms with Crippen LogP contribution in [0.4, 0.5) is 5.69 Å². The minimum absolute atomic E-state index is 0.350. The first-order chi connectivity index (χ1) is 14.6. The predicted octanol–water partition coefficient (Wildman–Crippen LogP) is 4.17. The van der Waals surface area contributed by atoms with Crippen molar-refractivity contribution in [2.24, 2.45) is 0 Å². The molecule has 0 spiro atoms. The smallest absolute Gasteiger partial charge is 0.345 e. The highest BCUT2D eigenvalue weighted by atomic mass is 16.5. The molecule has 0 N–H and O–H groups in total. The summed E-state index contributed by atoms with van der Waals surface area (Å²) in [6.07, 6.45) is 1.47. The number of benzene rings is 2. The topological polar surface area (TPSA) is 81.4 Å². The van der Waals surface area contributed by atoms with Gasteiger partial charge in [-0.05, 0) is 56.3 Å². The van der Waals surface area contributed by atoms with Crippen molar-refractivity contribution in [2.45, 2.75) is 13.8 Å². The summed E-state index contributed by atoms with van der Waals surface area (Å²) in [7, 11) is 1.61. The van der Waals surface area contributed by atoms with Gasteiger partial charge in [0.2, 0.25) is 0 Å². The van der Waals surface area contributed by atoms with E-state index in [1.54, 1.807) is 13.2 Å². The van der Waals surface area contributed by atoms with Crippen LogP contribution in [0.2, 0.25) is 0 Å². The molecule has 0 fully saturated rings. The Hall–Kier alpha value is -3.74. The van der Waals surface area contributed by atoms with Gasteiger partial charge in [0, 0.05) is 35.8 Å². The van der Waals surface area contributed by atoms with E-state index in [1.165, 1.54) is 6.20 Å². The van der Waals surface area contributed by atoms with Crippen molar-refractivity contribution < 1.29 is 9.15 Å². The van der Waals surface area contributed by atoms with Crippen LogP contribution in [0, 0.1) is 0 Å². The van der Waals surface area contributed by atoms with Crippen LogP contribution >= 0.6 is 0 Å². The molecule has 0 aliphatic carbocycles. The molecule has 0 saturated heterocycles. The molecule has 4 rings (SSSR count). The van der Waals surface area contributed by atoms with Gasteiger partial charge < -0.3 is 14.1 Å². The Morgan fingerprint density at radius 2 is 1.80 bits per heavy atom. The lowest BCUT2D eigenvalue weighted by molar-refractivity contribution is 0.415. The van der Waals surface area contributed by atoms with Gasteiger partial charge in [-0.25, -0.2) is 9.78 Å². The summed E-state index contributed by atoms with van der Waals surface area (Å²) in [4.78, 5) is 19.4. The normalized spacial score (nSPS) is 10.9. The number of nitrogens with zero attached hydrogens (tertiary/aromatic N) is 4. The van der Waals surface area contributed by atoms with Crippen molar-refractivity contribution >= 4 is 16.7 Å². The van der Waals surface area contributed by atoms with Gasteiger partial charge in [0.25, 0.3) is 0 Å². The summed E-state index contributed by atoms with van der Waals surface area (Å²) in [5, 5.41) is 8.95. The maximum atomic E-state index is 12.7. The number of ether oxygens (including phenoxy) is 1. The molecule has 2 aromatic carbocycles. The summed E-state index contributed by atoms with van der Waals surface area (Å²) in [6.45, 7) is 5.95. The zero-order chi connectivity index (χ0) is 21.1. The number of hydrogen-bond donors (Lipinski definition) is 0. The third kappa shape index (κ3) is 3.74. The molecule has 0 saturated carbocycles. The highest BCUT2D eigenvalue weighted by molar-refractivity contribution is 5.84. The zero-order valence-corrected chi connectivity index (χ0v) is 17.1. The van der Waals surface area contributed by atoms with Crippen LogP contribution in [-0.2, 0) is 0 Å². The van der Waals surface area contributed by atoms with Crippen LogP contribution in [0.15, 0.2) is 63.9 Å². The summed E-state index contributed by atoms with van der Waals surface area (Å²) < 4.78 is 10.8. The third-order valence-corrected chi connectivity index (χ3v) is 5.03. The SMILES string of the molecule is CCN(CC)c1ccc2cc(-c3cnnc(-c4ccc(OC)cc4)n3)c(=O)oc2c1. The fourth-order valence-corrected chi connectivity index (χ4v) is 3.36. The Kier molecular flexibility index (Phi) is 5.43. The van der Waals surface area contributed by atoms with Gasteiger partial charge in [-0.15, -0.1) is 5.10 Å². The van der Waals surface area contributed by atoms with Crippen LogP contribution in [0.3, 0.4) is 0 Å². The largest absolute Gasteiger partial charge is 0.497 e. The van der Waals surface area contributed by atoms with Gasteiger partial charge in [-0.2, -0.15) is 5.10 Å². The molecule has 0 atom stereocenters. The van der Waals surface area contributed by atoms with Gasteiger partial charge >= 0.3 is 5.63 Å². The maximum absolute atomic E-state index is 12.7. The zero-order valence-electron chi connectivity index (χ0n) is 17.1. The minimum atomic E-state index is -0.458. The molecule has 152 valence electrons. The molecule has 0 bridgehead atoms. The van der Waals surface area contributed by atoms with E-state index < -0.39 is 5.63 Å². The molecule has 4 aromatic rings. The standard InChI is InChI=1S/C23H22N4O3/c1-4-27(5-2)17-9-6-16-12-19(23(28)30-21(16)13-17)20-14-24-26-22(25-20)15-7-10-18(29-3)11-8-15/h6-14H,4-5H2,1-3H3. The molecule has 2 aromatic heterocycles. The van der Waals surface area contributed by atoms with Crippen LogP contribution in [-0.4, -0.2) is 35.4 Å². The number of methoxy groups -OCH3 is 1. The number of anilines is 1. The summed E-state index contributed by atoms with van der Waals surface area (Å²) in [5.74, 6) is 1.16. The van der Waals surface area contributed by atoms with E-state index in [0.717, 1.165) is 35.5 Å². The summed E-state index contributed by atoms with van der Waals surface area (Å²) in [5.41, 5.74) is 2.65. The molecule has 0 aliphatic rings. The van der Waals surface area contributed by atoms with Crippen LogP contribution in [0.25, 0.3) is 33.6 Å². The average Bonchev–Trinajstić information content (AvgIpc) is 2.79. The maximum Gasteiger partial charge on any atom is 0.345 e. The molecule has 0 unspecified atom stereocenters. The molecule has 0 radical (unpaired) electrons. The molecule has 2 heterocycles. The Bertz CT molecular complexity index is 1230. The molecule has 7 heteroatoms. The first-order valence-electron chi connectivity index (χ1n) is 9.80. The van der Waals surface area contributed by atoms with Gasteiger partial charge in [0.1, 0.15) is 17.0 Å². The van der Waals surface area contributed by atoms with E-state index >= 15 is 0 Å². The quantitative estimate of drug-likeness (QED) is 0.448. The lowest BCUT2D eigenvalue weighted by Gasteiger charge is -2.21. The molecular formula is C23H22N4O3. The van der Waals surface area contributed by atoms with E-state index in [1.807, 2.05) is 42.5 Å². The van der Waals surface area contributed by atoms with Crippen LogP contribution in [0.5, 0.6) is 5.75 Å². The Labute approximate surface area is 174 Å². The lowest BCUT2D eigenvalue weighted by Crippen LogP contribution is -2.21. The Morgan fingerprint density at radius 3 is 2.50 bits per heavy atom. The van der Waals surface area contributed by atoms with Crippen LogP contribution in [0.1, 0.15) is 13.8 Å². The van der Waals surface area contributed by atoms with E-state index in [2.05, 4.69) is 33.9 Å². The second-order valence-corrected chi connectivity index (χ2v) is 6.74. The predicted molar refractivity (Wildman–Crippen MR) is 117 cm³/mol. The number of hydrogen-bond acceptors (Lipinski definition) is 7. The van der Waals surface area contributed by atoms with E-state index in [-0.39, 0.29) is 0 Å². The Balaban J connectivity index is 1.74. The first-order valence-corrected chi connectivity index (χ1v) is 9.80. The fourth-order valence-electron chi connectivity index (χ4n) is 3.36. The summed E-state index contributed by atoms with van der Waals surface area (Å²) >= 11 is 0. The highest BCUT2D eigenvalue weighted by Gasteiger charge is 2.13. The summed E-state index contributed by atoms with van der Waals surface area (Å²) in [6, 6.07) is 15.0. The van der Waals surface area contributed by atoms with E-state index in [4.69, 9.17) is 9.15 Å². The second kappa shape index (κ2) is 8.32. The minimum Gasteiger partial charge on any atom is -0.497 e. The number of fused-ring (bicyclic) bond motifs is 1. The van der Waals surface area contributed by atoms with E-state index in [0.29, 0.717) is 22.7 Å². The van der Waals surface area contributed by atoms with Crippen molar-refractivity contribution in [3.05, 3.63) is 65.1 Å². The van der Waals surface area contributed by atoms with Crippen molar-refractivity contribution in [3.63, 3.8) is 0 Å². The van der Waals surface area contributed by atoms with Crippen molar-refractivity contribution in [3.8, 4) is 28.4 Å². The third-order valence-electron chi connectivity index (χ3n) is 5.03. The monoisotopic (exact) mass is 402 g/mol. The van der Waals surface area contributed by atoms with Crippen LogP contribution < -0.4 is 15.3 Å². The molecule has 7 nitrogen and oxygen atoms in total. The van der Waals surface area contributed by atoms with Gasteiger partial charge in [0.15, 0.2) is 5.82 Å². The van der Waals surface area contributed by atoms with Gasteiger partial charge in [0.05, 0.1) is 18.9 Å². The Morgan fingerprint density at radius 1 is 1.03 bits per heavy atom. The van der Waals surface area contributed by atoms with E-state index in [9.17, 15) is 4.79 Å². The average molecular weight is 402 g/mol. The van der Waals surface area contributed by atoms with Gasteiger partial charge in [-0.1, -0.05) is 0 Å². The molecule has 0 aliphatic heterocycles. The van der Waals surface area contributed by atoms with Gasteiger partial charge in [-0.3, -0.25) is 0 Å². The number of aromatic nitrogens is 3. The molecule has 30 heavy (non-hydrogen) atoms. The number of rotatable bonds is 6. The fraction of sp³-hybridized carbons (Fsp3) is 0.217. The van der Waals surface area contributed by atoms with Crippen molar-refractivity contribution in [1.29, 1.82) is 0 Å². The lowest BCUT2D eigenvalue weighted by atomic mass is 10.1. The molecular weight excluding hydrogens is 380 g/mol. The highest BCUT2D eigenvalue weighted by Crippen LogP contribution is 2.25. The first kappa shape index (κ1) is 19.6. The second-order valence-electron chi connectivity index (χ2n) is 6.74.